The maximum atomic E-state index is 12.2. The number of benzene rings is 1. The molecule has 9 heteroatoms. The second-order valence-corrected chi connectivity index (χ2v) is 8.80. The Morgan fingerprint density at radius 2 is 2.03 bits per heavy atom. The van der Waals surface area contributed by atoms with Crippen LogP contribution in [-0.2, 0) is 17.8 Å². The summed E-state index contributed by atoms with van der Waals surface area (Å²) >= 11 is 0. The van der Waals surface area contributed by atoms with E-state index in [0.717, 1.165) is 16.7 Å². The lowest BCUT2D eigenvalue weighted by molar-refractivity contribution is -0.130. The standard InChI is InChI=1S/C22H30N4O5/c1-14-6-7-17-18(26(14)21(28)29)9-8-16(20(17)31-12-19(27)24(4)5)15-10-23-25(11-15)13-22(2,3)30/h8-11,14,30H,6-7,12-13H2,1-5H3,(H,28,29)/t14-/m0/s1. The average Bonchev–Trinajstić information content (AvgIpc) is 3.11. The van der Waals surface area contributed by atoms with Gasteiger partial charge in [0.1, 0.15) is 5.75 Å². The Morgan fingerprint density at radius 3 is 2.65 bits per heavy atom. The van der Waals surface area contributed by atoms with Crippen molar-refractivity contribution in [1.29, 1.82) is 0 Å². The minimum absolute atomic E-state index is 0.151. The number of amides is 2. The molecule has 0 radical (unpaired) electrons. The maximum Gasteiger partial charge on any atom is 0.412 e. The number of likely N-dealkylation sites (N-methyl/N-ethyl adjacent to an activating group) is 1. The van der Waals surface area contributed by atoms with Gasteiger partial charge in [-0.3, -0.25) is 14.4 Å². The highest BCUT2D eigenvalue weighted by Crippen LogP contribution is 2.43. The molecule has 1 aliphatic heterocycles. The molecule has 168 valence electrons. The molecule has 2 heterocycles. The van der Waals surface area contributed by atoms with Crippen LogP contribution < -0.4 is 9.64 Å². The molecule has 2 amide bonds. The number of rotatable bonds is 6. The second kappa shape index (κ2) is 8.58. The van der Waals surface area contributed by atoms with Crippen LogP contribution in [0.2, 0.25) is 0 Å². The molecule has 2 N–H and O–H groups in total. The number of carbonyl (C=O) groups is 2. The van der Waals surface area contributed by atoms with Gasteiger partial charge in [0, 0.05) is 43.0 Å². The molecule has 0 aliphatic carbocycles. The number of anilines is 1. The number of ether oxygens (including phenoxy) is 1. The van der Waals surface area contributed by atoms with Gasteiger partial charge in [0.25, 0.3) is 5.91 Å². The Hall–Kier alpha value is -3.07. The predicted octanol–water partition coefficient (Wildman–Crippen LogP) is 2.61. The van der Waals surface area contributed by atoms with Gasteiger partial charge in [-0.05, 0) is 45.7 Å². The molecule has 0 bridgehead atoms. The first-order chi connectivity index (χ1) is 14.5. The zero-order valence-corrected chi connectivity index (χ0v) is 18.6. The molecule has 0 unspecified atom stereocenters. The number of aliphatic hydroxyl groups is 1. The summed E-state index contributed by atoms with van der Waals surface area (Å²) in [6, 6.07) is 3.43. The predicted molar refractivity (Wildman–Crippen MR) is 116 cm³/mol. The average molecular weight is 431 g/mol. The van der Waals surface area contributed by atoms with Crippen molar-refractivity contribution in [3.8, 4) is 16.9 Å². The fraction of sp³-hybridized carbons (Fsp3) is 0.500. The summed E-state index contributed by atoms with van der Waals surface area (Å²) in [5.41, 5.74) is 1.91. The lowest BCUT2D eigenvalue weighted by atomic mass is 9.92. The molecule has 0 spiro atoms. The summed E-state index contributed by atoms with van der Waals surface area (Å²) in [4.78, 5) is 26.8. The van der Waals surface area contributed by atoms with Crippen LogP contribution in [0, 0.1) is 0 Å². The van der Waals surface area contributed by atoms with E-state index in [2.05, 4.69) is 5.10 Å². The first-order valence-corrected chi connectivity index (χ1v) is 10.2. The molecule has 0 fully saturated rings. The third kappa shape index (κ3) is 4.99. The van der Waals surface area contributed by atoms with E-state index in [0.29, 0.717) is 30.8 Å². The Morgan fingerprint density at radius 1 is 1.32 bits per heavy atom. The van der Waals surface area contributed by atoms with Gasteiger partial charge in [0.2, 0.25) is 0 Å². The SMILES string of the molecule is C[C@H]1CCc2c(ccc(-c3cnn(CC(C)(C)O)c3)c2OCC(=O)N(C)C)N1C(=O)O. The molecular weight excluding hydrogens is 400 g/mol. The van der Waals surface area contributed by atoms with Crippen molar-refractivity contribution < 1.29 is 24.5 Å². The Balaban J connectivity index is 2.07. The van der Waals surface area contributed by atoms with Gasteiger partial charge in [-0.1, -0.05) is 0 Å². The molecule has 1 aromatic carbocycles. The van der Waals surface area contributed by atoms with Crippen LogP contribution in [0.15, 0.2) is 24.5 Å². The molecule has 1 aromatic heterocycles. The first kappa shape index (κ1) is 22.6. The highest BCUT2D eigenvalue weighted by molar-refractivity contribution is 5.91. The van der Waals surface area contributed by atoms with Crippen molar-refractivity contribution in [2.45, 2.75) is 51.8 Å². The summed E-state index contributed by atoms with van der Waals surface area (Å²) in [6.07, 6.45) is 3.75. The topological polar surface area (TPSA) is 108 Å². The summed E-state index contributed by atoms with van der Waals surface area (Å²) in [6.45, 7) is 5.45. The van der Waals surface area contributed by atoms with Crippen molar-refractivity contribution in [1.82, 2.24) is 14.7 Å². The van der Waals surface area contributed by atoms with Crippen LogP contribution in [-0.4, -0.2) is 69.2 Å². The fourth-order valence-corrected chi connectivity index (χ4v) is 3.74. The third-order valence-electron chi connectivity index (χ3n) is 5.29. The monoisotopic (exact) mass is 430 g/mol. The minimum atomic E-state index is -1.02. The van der Waals surface area contributed by atoms with Gasteiger partial charge in [-0.15, -0.1) is 0 Å². The number of hydrogen-bond donors (Lipinski definition) is 2. The number of fused-ring (bicyclic) bond motifs is 1. The molecular formula is C22H30N4O5. The molecule has 31 heavy (non-hydrogen) atoms. The minimum Gasteiger partial charge on any atom is -0.483 e. The third-order valence-corrected chi connectivity index (χ3v) is 5.29. The largest absolute Gasteiger partial charge is 0.483 e. The smallest absolute Gasteiger partial charge is 0.412 e. The fourth-order valence-electron chi connectivity index (χ4n) is 3.74. The lowest BCUT2D eigenvalue weighted by Gasteiger charge is -2.34. The molecule has 2 aromatic rings. The van der Waals surface area contributed by atoms with E-state index in [-0.39, 0.29) is 18.6 Å². The second-order valence-electron chi connectivity index (χ2n) is 8.80. The quantitative estimate of drug-likeness (QED) is 0.729. The normalized spacial score (nSPS) is 16.1. The van der Waals surface area contributed by atoms with E-state index in [4.69, 9.17) is 4.74 Å². The molecule has 0 saturated heterocycles. The van der Waals surface area contributed by atoms with E-state index >= 15 is 0 Å². The Labute approximate surface area is 181 Å². The van der Waals surface area contributed by atoms with Crippen LogP contribution in [0.3, 0.4) is 0 Å². The molecule has 1 aliphatic rings. The van der Waals surface area contributed by atoms with Gasteiger partial charge in [-0.25, -0.2) is 4.79 Å². The highest BCUT2D eigenvalue weighted by Gasteiger charge is 2.31. The van der Waals surface area contributed by atoms with Crippen LogP contribution in [0.1, 0.15) is 32.8 Å². The van der Waals surface area contributed by atoms with E-state index in [1.54, 1.807) is 57.2 Å². The van der Waals surface area contributed by atoms with Crippen molar-refractivity contribution in [2.24, 2.45) is 0 Å². The number of carboxylic acid groups (broad SMARTS) is 1. The number of carbonyl (C=O) groups excluding carboxylic acids is 1. The summed E-state index contributed by atoms with van der Waals surface area (Å²) < 4.78 is 7.64. The van der Waals surface area contributed by atoms with Crippen molar-refractivity contribution >= 4 is 17.7 Å². The van der Waals surface area contributed by atoms with E-state index in [1.807, 2.05) is 6.92 Å². The molecule has 0 saturated carbocycles. The van der Waals surface area contributed by atoms with Gasteiger partial charge >= 0.3 is 6.09 Å². The highest BCUT2D eigenvalue weighted by atomic mass is 16.5. The van der Waals surface area contributed by atoms with Crippen molar-refractivity contribution in [3.05, 3.63) is 30.1 Å². The van der Waals surface area contributed by atoms with Crippen molar-refractivity contribution in [3.63, 3.8) is 0 Å². The van der Waals surface area contributed by atoms with Crippen LogP contribution in [0.4, 0.5) is 10.5 Å². The Bertz CT molecular complexity index is 977. The zero-order valence-electron chi connectivity index (χ0n) is 18.6. The van der Waals surface area contributed by atoms with Gasteiger partial charge in [0.15, 0.2) is 6.61 Å². The number of hydrogen-bond acceptors (Lipinski definition) is 5. The van der Waals surface area contributed by atoms with E-state index in [1.165, 1.54) is 9.80 Å². The van der Waals surface area contributed by atoms with Gasteiger partial charge in [0.05, 0.1) is 24.0 Å². The summed E-state index contributed by atoms with van der Waals surface area (Å²) in [5, 5.41) is 24.1. The molecule has 9 nitrogen and oxygen atoms in total. The molecule has 1 atom stereocenters. The lowest BCUT2D eigenvalue weighted by Crippen LogP contribution is -2.41. The zero-order chi connectivity index (χ0) is 22.9. The summed E-state index contributed by atoms with van der Waals surface area (Å²) in [7, 11) is 3.31. The van der Waals surface area contributed by atoms with Gasteiger partial charge < -0.3 is 19.8 Å². The summed E-state index contributed by atoms with van der Waals surface area (Å²) in [5.74, 6) is 0.300. The number of nitrogens with zero attached hydrogens (tertiary/aromatic N) is 4. The van der Waals surface area contributed by atoms with Crippen LogP contribution in [0.5, 0.6) is 5.75 Å². The first-order valence-electron chi connectivity index (χ1n) is 10.2. The van der Waals surface area contributed by atoms with Crippen LogP contribution >= 0.6 is 0 Å². The van der Waals surface area contributed by atoms with Gasteiger partial charge in [-0.2, -0.15) is 5.10 Å². The van der Waals surface area contributed by atoms with Crippen molar-refractivity contribution in [2.75, 3.05) is 25.6 Å². The van der Waals surface area contributed by atoms with E-state index in [9.17, 15) is 19.8 Å². The number of aromatic nitrogens is 2. The maximum absolute atomic E-state index is 12.2. The van der Waals surface area contributed by atoms with Crippen LogP contribution in [0.25, 0.3) is 11.1 Å². The Kier molecular flexibility index (Phi) is 6.26. The molecule has 3 rings (SSSR count). The van der Waals surface area contributed by atoms with E-state index < -0.39 is 11.7 Å².